The van der Waals surface area contributed by atoms with Gasteiger partial charge in [-0.15, -0.1) is 0 Å². The van der Waals surface area contributed by atoms with Crippen LogP contribution < -0.4 is 4.74 Å². The van der Waals surface area contributed by atoms with Gasteiger partial charge in [0.15, 0.2) is 5.65 Å². The van der Waals surface area contributed by atoms with Crippen LogP contribution in [0.2, 0.25) is 0 Å². The van der Waals surface area contributed by atoms with Crippen molar-refractivity contribution in [2.75, 3.05) is 6.61 Å². The minimum atomic E-state index is 0.676. The van der Waals surface area contributed by atoms with Gasteiger partial charge in [-0.25, -0.2) is 4.52 Å². The highest BCUT2D eigenvalue weighted by atomic mass is 16.5. The van der Waals surface area contributed by atoms with Crippen LogP contribution in [0.1, 0.15) is 12.8 Å². The molecule has 1 fully saturated rings. The lowest BCUT2D eigenvalue weighted by molar-refractivity contribution is 0.290. The van der Waals surface area contributed by atoms with Gasteiger partial charge >= 0.3 is 0 Å². The van der Waals surface area contributed by atoms with Crippen molar-refractivity contribution in [1.82, 2.24) is 14.6 Å². The number of fused-ring (bicyclic) bond motifs is 1. The van der Waals surface area contributed by atoms with Crippen LogP contribution >= 0.6 is 0 Å². The molecule has 72 valence electrons. The van der Waals surface area contributed by atoms with Crippen LogP contribution in [0.25, 0.3) is 5.65 Å². The van der Waals surface area contributed by atoms with Gasteiger partial charge < -0.3 is 4.74 Å². The Balaban J connectivity index is 1.82. The van der Waals surface area contributed by atoms with E-state index in [0.29, 0.717) is 5.88 Å². The van der Waals surface area contributed by atoms with Crippen LogP contribution in [0.15, 0.2) is 24.5 Å². The second kappa shape index (κ2) is 2.97. The fraction of sp³-hybridized carbons (Fsp3) is 0.400. The molecule has 0 spiro atoms. The minimum absolute atomic E-state index is 0.676. The average Bonchev–Trinajstić information content (AvgIpc) is 2.94. The van der Waals surface area contributed by atoms with Crippen LogP contribution in [-0.2, 0) is 0 Å². The summed E-state index contributed by atoms with van der Waals surface area (Å²) in [5, 5.41) is 4.12. The first-order valence-electron chi connectivity index (χ1n) is 4.85. The largest absolute Gasteiger partial charge is 0.476 e. The van der Waals surface area contributed by atoms with Gasteiger partial charge in [0, 0.05) is 6.20 Å². The maximum absolute atomic E-state index is 5.54. The van der Waals surface area contributed by atoms with E-state index in [0.717, 1.165) is 18.2 Å². The number of ether oxygens (including phenoxy) is 1. The van der Waals surface area contributed by atoms with Crippen LogP contribution in [-0.4, -0.2) is 21.2 Å². The van der Waals surface area contributed by atoms with Crippen molar-refractivity contribution in [3.05, 3.63) is 24.5 Å². The summed E-state index contributed by atoms with van der Waals surface area (Å²) in [7, 11) is 0. The third-order valence-electron chi connectivity index (χ3n) is 2.38. The van der Waals surface area contributed by atoms with Gasteiger partial charge in [-0.2, -0.15) is 10.1 Å². The molecule has 0 radical (unpaired) electrons. The Bertz CT molecular complexity index is 414. The first-order chi connectivity index (χ1) is 6.92. The number of nitrogens with zero attached hydrogens (tertiary/aromatic N) is 3. The zero-order chi connectivity index (χ0) is 9.38. The molecule has 4 heteroatoms. The van der Waals surface area contributed by atoms with Gasteiger partial charge in [0.25, 0.3) is 0 Å². The quantitative estimate of drug-likeness (QED) is 0.734. The van der Waals surface area contributed by atoms with Gasteiger partial charge in [0.2, 0.25) is 5.88 Å². The van der Waals surface area contributed by atoms with Gasteiger partial charge in [-0.1, -0.05) is 0 Å². The number of rotatable bonds is 3. The second-order valence-electron chi connectivity index (χ2n) is 3.66. The summed E-state index contributed by atoms with van der Waals surface area (Å²) in [6, 6.07) is 3.78. The molecule has 1 saturated carbocycles. The maximum Gasteiger partial charge on any atom is 0.234 e. The average molecular weight is 189 g/mol. The normalized spacial score (nSPS) is 16.0. The van der Waals surface area contributed by atoms with Gasteiger partial charge in [0.05, 0.1) is 12.8 Å². The molecule has 0 amide bonds. The Morgan fingerprint density at radius 3 is 3.21 bits per heavy atom. The van der Waals surface area contributed by atoms with Gasteiger partial charge in [-0.05, 0) is 30.9 Å². The van der Waals surface area contributed by atoms with Crippen LogP contribution in [0.3, 0.4) is 0 Å². The summed E-state index contributed by atoms with van der Waals surface area (Å²) in [6.45, 7) is 0.796. The number of hydrogen-bond donors (Lipinski definition) is 0. The lowest BCUT2D eigenvalue weighted by Gasteiger charge is -1.97. The van der Waals surface area contributed by atoms with Crippen molar-refractivity contribution in [3.63, 3.8) is 0 Å². The van der Waals surface area contributed by atoms with E-state index in [4.69, 9.17) is 4.74 Å². The summed E-state index contributed by atoms with van der Waals surface area (Å²) in [5.74, 6) is 1.43. The molecule has 0 saturated heterocycles. The lowest BCUT2D eigenvalue weighted by Crippen LogP contribution is -1.98. The van der Waals surface area contributed by atoms with E-state index in [9.17, 15) is 0 Å². The molecular weight excluding hydrogens is 178 g/mol. The fourth-order valence-corrected chi connectivity index (χ4v) is 1.37. The lowest BCUT2D eigenvalue weighted by atomic mass is 10.5. The predicted molar refractivity (Wildman–Crippen MR) is 51.2 cm³/mol. The SMILES string of the molecule is c1cnn2cc(OCC3CC3)nc2c1. The molecule has 3 rings (SSSR count). The summed E-state index contributed by atoms with van der Waals surface area (Å²) < 4.78 is 7.27. The molecule has 0 aliphatic heterocycles. The Kier molecular flexibility index (Phi) is 1.65. The first-order valence-corrected chi connectivity index (χ1v) is 4.85. The summed E-state index contributed by atoms with van der Waals surface area (Å²) in [6.07, 6.45) is 6.15. The third-order valence-corrected chi connectivity index (χ3v) is 2.38. The fourth-order valence-electron chi connectivity index (χ4n) is 1.37. The highest BCUT2D eigenvalue weighted by Crippen LogP contribution is 2.29. The van der Waals surface area contributed by atoms with E-state index >= 15 is 0 Å². The van der Waals surface area contributed by atoms with Crippen molar-refractivity contribution in [2.45, 2.75) is 12.8 Å². The molecule has 0 N–H and O–H groups in total. The molecule has 14 heavy (non-hydrogen) atoms. The second-order valence-corrected chi connectivity index (χ2v) is 3.66. The van der Waals surface area contributed by atoms with Crippen LogP contribution in [0.4, 0.5) is 0 Å². The Morgan fingerprint density at radius 1 is 1.50 bits per heavy atom. The predicted octanol–water partition coefficient (Wildman–Crippen LogP) is 1.52. The first kappa shape index (κ1) is 7.79. The summed E-state index contributed by atoms with van der Waals surface area (Å²) in [4.78, 5) is 4.29. The van der Waals surface area contributed by atoms with Crippen LogP contribution in [0.5, 0.6) is 5.88 Å². The zero-order valence-electron chi connectivity index (χ0n) is 7.76. The molecule has 2 aromatic rings. The molecule has 0 unspecified atom stereocenters. The van der Waals surface area contributed by atoms with E-state index in [1.54, 1.807) is 10.7 Å². The molecule has 0 aromatic carbocycles. The number of aromatic nitrogens is 3. The van der Waals surface area contributed by atoms with Crippen molar-refractivity contribution < 1.29 is 4.74 Å². The monoisotopic (exact) mass is 189 g/mol. The van der Waals surface area contributed by atoms with Crippen molar-refractivity contribution >= 4 is 5.65 Å². The highest BCUT2D eigenvalue weighted by molar-refractivity contribution is 5.39. The molecule has 0 atom stereocenters. The van der Waals surface area contributed by atoms with Crippen molar-refractivity contribution in [2.24, 2.45) is 5.92 Å². The van der Waals surface area contributed by atoms with E-state index in [1.807, 2.05) is 18.3 Å². The minimum Gasteiger partial charge on any atom is -0.476 e. The zero-order valence-corrected chi connectivity index (χ0v) is 7.76. The van der Waals surface area contributed by atoms with Gasteiger partial charge in [0.1, 0.15) is 0 Å². The Morgan fingerprint density at radius 2 is 2.43 bits per heavy atom. The molecule has 1 aliphatic rings. The van der Waals surface area contributed by atoms with Crippen molar-refractivity contribution in [1.29, 1.82) is 0 Å². The molecule has 4 nitrogen and oxygen atoms in total. The maximum atomic E-state index is 5.54. The molecule has 2 heterocycles. The number of imidazole rings is 1. The Hall–Kier alpha value is -1.58. The smallest absolute Gasteiger partial charge is 0.234 e. The topological polar surface area (TPSA) is 39.4 Å². The molecule has 2 aromatic heterocycles. The van der Waals surface area contributed by atoms with E-state index in [2.05, 4.69) is 10.1 Å². The standard InChI is InChI=1S/C10H11N3O/c1-2-9-12-10(6-13(9)11-5-1)14-7-8-3-4-8/h1-2,5-6,8H,3-4,7H2. The Labute approximate surface area is 81.5 Å². The van der Waals surface area contributed by atoms with Crippen molar-refractivity contribution in [3.8, 4) is 5.88 Å². The summed E-state index contributed by atoms with van der Waals surface area (Å²) in [5.41, 5.74) is 0.832. The molecular formula is C10H11N3O. The molecule has 0 bridgehead atoms. The van der Waals surface area contributed by atoms with Gasteiger partial charge in [-0.3, -0.25) is 0 Å². The van der Waals surface area contributed by atoms with E-state index < -0.39 is 0 Å². The van der Waals surface area contributed by atoms with E-state index in [-0.39, 0.29) is 0 Å². The van der Waals surface area contributed by atoms with E-state index in [1.165, 1.54) is 12.8 Å². The third kappa shape index (κ3) is 1.43. The van der Waals surface area contributed by atoms with Crippen LogP contribution in [0, 0.1) is 5.92 Å². The summed E-state index contributed by atoms with van der Waals surface area (Å²) >= 11 is 0. The molecule has 1 aliphatic carbocycles. The highest BCUT2D eigenvalue weighted by Gasteiger charge is 2.22. The number of hydrogen-bond acceptors (Lipinski definition) is 3.